The first kappa shape index (κ1) is 20.0. The molecule has 0 aliphatic carbocycles. The molecule has 0 atom stereocenters. The Morgan fingerprint density at radius 2 is 1.61 bits per heavy atom. The summed E-state index contributed by atoms with van der Waals surface area (Å²) in [7, 11) is 3.30. The van der Waals surface area contributed by atoms with Gasteiger partial charge in [-0.1, -0.05) is 24.3 Å². The summed E-state index contributed by atoms with van der Waals surface area (Å²) in [5, 5.41) is 11.2. The van der Waals surface area contributed by atoms with Gasteiger partial charge in [-0.05, 0) is 41.5 Å². The Labute approximate surface area is 178 Å². The molecule has 154 valence electrons. The smallest absolute Gasteiger partial charge is 0.270 e. The van der Waals surface area contributed by atoms with Gasteiger partial charge in [0.1, 0.15) is 5.75 Å². The largest absolute Gasteiger partial charge is 0.497 e. The molecule has 2 heterocycles. The highest BCUT2D eigenvalue weighted by molar-refractivity contribution is 5.85. The van der Waals surface area contributed by atoms with E-state index < -0.39 is 4.92 Å². The second-order valence-corrected chi connectivity index (χ2v) is 6.96. The van der Waals surface area contributed by atoms with Gasteiger partial charge in [0, 0.05) is 48.3 Å². The summed E-state index contributed by atoms with van der Waals surface area (Å²) in [5.74, 6) is 0.720. The van der Waals surface area contributed by atoms with E-state index in [0.29, 0.717) is 11.1 Å². The van der Waals surface area contributed by atoms with Gasteiger partial charge in [0.05, 0.1) is 17.7 Å². The Balaban J connectivity index is 2.01. The van der Waals surface area contributed by atoms with Gasteiger partial charge in [-0.25, -0.2) is 0 Å². The summed E-state index contributed by atoms with van der Waals surface area (Å²) < 4.78 is 6.84. The topological polar surface area (TPSA) is 87.3 Å². The minimum absolute atomic E-state index is 0.0660. The number of nitro benzene ring substituents is 1. The molecule has 0 aliphatic rings. The van der Waals surface area contributed by atoms with Crippen molar-refractivity contribution in [2.45, 2.75) is 0 Å². The zero-order valence-corrected chi connectivity index (χ0v) is 17.0. The summed E-state index contributed by atoms with van der Waals surface area (Å²) in [4.78, 5) is 28.1. The Morgan fingerprint density at radius 3 is 2.26 bits per heavy atom. The standard InChI is InChI=1S/C24H19N3O4/c1-26-23(17-10-12-25-13-11-17)21(16-6-8-20(31-2)9-7-16)15-22(24(26)28)18-4-3-5-19(14-18)27(29)30/h3-15H,1-2H3. The van der Waals surface area contributed by atoms with E-state index in [-0.39, 0.29) is 11.2 Å². The number of pyridine rings is 2. The fourth-order valence-electron chi connectivity index (χ4n) is 3.58. The van der Waals surface area contributed by atoms with Gasteiger partial charge in [0.25, 0.3) is 11.2 Å². The average Bonchev–Trinajstić information content (AvgIpc) is 2.81. The first-order valence-corrected chi connectivity index (χ1v) is 9.53. The van der Waals surface area contributed by atoms with Crippen LogP contribution in [0.25, 0.3) is 33.5 Å². The number of ether oxygens (including phenoxy) is 1. The quantitative estimate of drug-likeness (QED) is 0.350. The molecule has 0 spiro atoms. The third-order valence-electron chi connectivity index (χ3n) is 5.14. The predicted octanol–water partition coefficient (Wildman–Crippen LogP) is 4.70. The third-order valence-corrected chi connectivity index (χ3v) is 5.14. The van der Waals surface area contributed by atoms with Crippen LogP contribution in [0.1, 0.15) is 0 Å². The van der Waals surface area contributed by atoms with Crippen LogP contribution >= 0.6 is 0 Å². The Morgan fingerprint density at radius 1 is 0.903 bits per heavy atom. The molecule has 0 bridgehead atoms. The predicted molar refractivity (Wildman–Crippen MR) is 119 cm³/mol. The van der Waals surface area contributed by atoms with Crippen LogP contribution in [0.2, 0.25) is 0 Å². The zero-order chi connectivity index (χ0) is 22.0. The van der Waals surface area contributed by atoms with Crippen molar-refractivity contribution in [2.75, 3.05) is 7.11 Å². The summed E-state index contributed by atoms with van der Waals surface area (Å²) >= 11 is 0. The lowest BCUT2D eigenvalue weighted by atomic mass is 9.95. The van der Waals surface area contributed by atoms with E-state index >= 15 is 0 Å². The molecular formula is C24H19N3O4. The zero-order valence-electron chi connectivity index (χ0n) is 17.0. The molecule has 7 heteroatoms. The molecule has 4 aromatic rings. The lowest BCUT2D eigenvalue weighted by molar-refractivity contribution is -0.384. The number of hydrogen-bond acceptors (Lipinski definition) is 5. The molecular weight excluding hydrogens is 394 g/mol. The molecule has 0 unspecified atom stereocenters. The van der Waals surface area contributed by atoms with Crippen LogP contribution < -0.4 is 10.3 Å². The van der Waals surface area contributed by atoms with Gasteiger partial charge in [-0.2, -0.15) is 0 Å². The minimum Gasteiger partial charge on any atom is -0.497 e. The SMILES string of the molecule is COc1ccc(-c2cc(-c3cccc([N+](=O)[O-])c3)c(=O)n(C)c2-c2ccncc2)cc1. The molecule has 0 radical (unpaired) electrons. The number of nitrogens with zero attached hydrogens (tertiary/aromatic N) is 3. The molecule has 7 nitrogen and oxygen atoms in total. The number of hydrogen-bond donors (Lipinski definition) is 0. The van der Waals surface area contributed by atoms with Crippen LogP contribution in [0.15, 0.2) is 83.9 Å². The molecule has 0 saturated carbocycles. The first-order valence-electron chi connectivity index (χ1n) is 9.53. The number of rotatable bonds is 5. The van der Waals surface area contributed by atoms with Crippen LogP contribution in [0.5, 0.6) is 5.75 Å². The monoisotopic (exact) mass is 413 g/mol. The van der Waals surface area contributed by atoms with Crippen molar-refractivity contribution in [1.82, 2.24) is 9.55 Å². The molecule has 4 rings (SSSR count). The van der Waals surface area contributed by atoms with Gasteiger partial charge >= 0.3 is 0 Å². The highest BCUT2D eigenvalue weighted by Gasteiger charge is 2.18. The van der Waals surface area contributed by atoms with Crippen molar-refractivity contribution in [3.63, 3.8) is 0 Å². The van der Waals surface area contributed by atoms with Crippen molar-refractivity contribution in [2.24, 2.45) is 7.05 Å². The number of non-ortho nitro benzene ring substituents is 1. The van der Waals surface area contributed by atoms with Gasteiger partial charge in [-0.15, -0.1) is 0 Å². The van der Waals surface area contributed by atoms with Crippen LogP contribution in [-0.2, 0) is 7.05 Å². The number of nitro groups is 1. The lowest BCUT2D eigenvalue weighted by Crippen LogP contribution is -2.21. The average molecular weight is 413 g/mol. The summed E-state index contributed by atoms with van der Waals surface area (Å²) in [6.07, 6.45) is 3.35. The van der Waals surface area contributed by atoms with Crippen LogP contribution in [0.3, 0.4) is 0 Å². The molecule has 2 aromatic carbocycles. The minimum atomic E-state index is -0.469. The maximum atomic E-state index is 13.3. The fourth-order valence-corrected chi connectivity index (χ4v) is 3.58. The van der Waals surface area contributed by atoms with Gasteiger partial charge in [-0.3, -0.25) is 19.9 Å². The first-order chi connectivity index (χ1) is 15.0. The Bertz CT molecular complexity index is 1310. The molecule has 31 heavy (non-hydrogen) atoms. The second kappa shape index (κ2) is 8.23. The van der Waals surface area contributed by atoms with Crippen molar-refractivity contribution in [3.8, 4) is 39.3 Å². The number of benzene rings is 2. The maximum Gasteiger partial charge on any atom is 0.270 e. The molecule has 0 saturated heterocycles. The molecule has 0 N–H and O–H groups in total. The summed E-state index contributed by atoms with van der Waals surface area (Å²) in [5.41, 5.74) is 3.83. The van der Waals surface area contributed by atoms with Gasteiger partial charge in [0.15, 0.2) is 0 Å². The van der Waals surface area contributed by atoms with Crippen molar-refractivity contribution in [1.29, 1.82) is 0 Å². The highest BCUT2D eigenvalue weighted by Crippen LogP contribution is 2.34. The summed E-state index contributed by atoms with van der Waals surface area (Å²) in [6, 6.07) is 19.1. The maximum absolute atomic E-state index is 13.3. The molecule has 2 aromatic heterocycles. The summed E-state index contributed by atoms with van der Waals surface area (Å²) in [6.45, 7) is 0. The molecule has 0 aliphatic heterocycles. The highest BCUT2D eigenvalue weighted by atomic mass is 16.6. The normalized spacial score (nSPS) is 10.6. The van der Waals surface area contributed by atoms with Gasteiger partial charge < -0.3 is 9.30 Å². The third kappa shape index (κ3) is 3.81. The number of methoxy groups -OCH3 is 1. The molecule has 0 amide bonds. The number of aromatic nitrogens is 2. The van der Waals surface area contributed by atoms with Crippen LogP contribution in [0, 0.1) is 10.1 Å². The van der Waals surface area contributed by atoms with E-state index in [9.17, 15) is 14.9 Å². The van der Waals surface area contributed by atoms with Gasteiger partial charge in [0.2, 0.25) is 0 Å². The van der Waals surface area contributed by atoms with E-state index in [1.165, 1.54) is 12.1 Å². The van der Waals surface area contributed by atoms with Crippen molar-refractivity contribution in [3.05, 3.63) is 99.6 Å². The van der Waals surface area contributed by atoms with E-state index in [1.807, 2.05) is 36.4 Å². The van der Waals surface area contributed by atoms with E-state index in [1.54, 1.807) is 49.3 Å². The van der Waals surface area contributed by atoms with E-state index in [4.69, 9.17) is 4.74 Å². The van der Waals surface area contributed by atoms with Crippen molar-refractivity contribution >= 4 is 5.69 Å². The van der Waals surface area contributed by atoms with E-state index in [0.717, 1.165) is 28.1 Å². The van der Waals surface area contributed by atoms with E-state index in [2.05, 4.69) is 4.98 Å². The van der Waals surface area contributed by atoms with Crippen LogP contribution in [0.4, 0.5) is 5.69 Å². The fraction of sp³-hybridized carbons (Fsp3) is 0.0833. The second-order valence-electron chi connectivity index (χ2n) is 6.96. The lowest BCUT2D eigenvalue weighted by Gasteiger charge is -2.17. The Kier molecular flexibility index (Phi) is 5.32. The van der Waals surface area contributed by atoms with Crippen LogP contribution in [-0.4, -0.2) is 21.6 Å². The molecule has 0 fully saturated rings. The Hall–Kier alpha value is -4.26. The van der Waals surface area contributed by atoms with Crippen molar-refractivity contribution < 1.29 is 9.66 Å².